The molecule has 2 aliphatic rings. The van der Waals surface area contributed by atoms with Gasteiger partial charge in [0.2, 0.25) is 0 Å². The lowest BCUT2D eigenvalue weighted by atomic mass is 9.97. The third-order valence-corrected chi connectivity index (χ3v) is 4.89. The van der Waals surface area contributed by atoms with Crippen LogP contribution in [0.4, 0.5) is 0 Å². The molecular weight excluding hydrogens is 286 g/mol. The summed E-state index contributed by atoms with van der Waals surface area (Å²) >= 11 is 6.50. The molecule has 1 aliphatic carbocycles. The van der Waals surface area contributed by atoms with Crippen molar-refractivity contribution < 1.29 is 9.47 Å². The normalized spacial score (nSPS) is 23.2. The molecule has 1 saturated heterocycles. The topological polar surface area (TPSA) is 30.5 Å². The fourth-order valence-electron chi connectivity index (χ4n) is 3.37. The van der Waals surface area contributed by atoms with Crippen LogP contribution < -0.4 is 14.8 Å². The van der Waals surface area contributed by atoms with E-state index < -0.39 is 0 Å². The lowest BCUT2D eigenvalue weighted by molar-refractivity contribution is 0.200. The first kappa shape index (κ1) is 15.0. The molecule has 0 amide bonds. The van der Waals surface area contributed by atoms with E-state index in [0.717, 1.165) is 47.9 Å². The molecule has 1 saturated carbocycles. The van der Waals surface area contributed by atoms with Crippen LogP contribution in [0.25, 0.3) is 0 Å². The van der Waals surface area contributed by atoms with Crippen LogP contribution >= 0.6 is 11.6 Å². The van der Waals surface area contributed by atoms with Crippen LogP contribution in [0.2, 0.25) is 5.02 Å². The molecule has 1 aromatic rings. The maximum Gasteiger partial charge on any atom is 0.163 e. The van der Waals surface area contributed by atoms with Gasteiger partial charge >= 0.3 is 0 Å². The number of rotatable bonds is 4. The average Bonchev–Trinajstić information content (AvgIpc) is 3.01. The molecule has 2 fully saturated rings. The minimum absolute atomic E-state index is 0.314. The van der Waals surface area contributed by atoms with Crippen LogP contribution in [-0.2, 0) is 0 Å². The standard InChI is InChI=1S/C17H24ClNO2/c1-20-16-10-13(15-8-4-5-9-19-15)14(18)11-17(16)21-12-6-2-3-7-12/h10-12,15,19H,2-9H2,1H3. The van der Waals surface area contributed by atoms with E-state index >= 15 is 0 Å². The van der Waals surface area contributed by atoms with E-state index in [4.69, 9.17) is 21.1 Å². The van der Waals surface area contributed by atoms with Gasteiger partial charge in [0, 0.05) is 17.1 Å². The third kappa shape index (κ3) is 3.46. The van der Waals surface area contributed by atoms with Gasteiger partial charge in [-0.3, -0.25) is 0 Å². The Morgan fingerprint density at radius 1 is 1.05 bits per heavy atom. The van der Waals surface area contributed by atoms with E-state index in [-0.39, 0.29) is 0 Å². The molecule has 4 heteroatoms. The highest BCUT2D eigenvalue weighted by Crippen LogP contribution is 2.39. The maximum atomic E-state index is 6.50. The monoisotopic (exact) mass is 309 g/mol. The van der Waals surface area contributed by atoms with Crippen molar-refractivity contribution in [3.05, 3.63) is 22.7 Å². The number of methoxy groups -OCH3 is 1. The van der Waals surface area contributed by atoms with Crippen LogP contribution in [0.5, 0.6) is 11.5 Å². The predicted molar refractivity (Wildman–Crippen MR) is 85.5 cm³/mol. The van der Waals surface area contributed by atoms with Gasteiger partial charge in [0.15, 0.2) is 11.5 Å². The molecule has 0 bridgehead atoms. The van der Waals surface area contributed by atoms with Crippen molar-refractivity contribution in [2.24, 2.45) is 0 Å². The first-order chi connectivity index (χ1) is 10.3. The summed E-state index contributed by atoms with van der Waals surface area (Å²) < 4.78 is 11.6. The van der Waals surface area contributed by atoms with Gasteiger partial charge in [-0.15, -0.1) is 0 Å². The lowest BCUT2D eigenvalue weighted by Gasteiger charge is -2.26. The fraction of sp³-hybridized carbons (Fsp3) is 0.647. The molecule has 1 heterocycles. The number of ether oxygens (including phenoxy) is 2. The highest BCUT2D eigenvalue weighted by atomic mass is 35.5. The van der Waals surface area contributed by atoms with Crippen molar-refractivity contribution in [1.29, 1.82) is 0 Å². The van der Waals surface area contributed by atoms with Crippen molar-refractivity contribution in [3.8, 4) is 11.5 Å². The second-order valence-corrected chi connectivity index (χ2v) is 6.46. The molecule has 116 valence electrons. The molecule has 0 spiro atoms. The number of piperidine rings is 1. The van der Waals surface area contributed by atoms with Gasteiger partial charge in [-0.2, -0.15) is 0 Å². The summed E-state index contributed by atoms with van der Waals surface area (Å²) in [6.07, 6.45) is 8.71. The minimum Gasteiger partial charge on any atom is -0.493 e. The summed E-state index contributed by atoms with van der Waals surface area (Å²) in [5, 5.41) is 4.32. The van der Waals surface area contributed by atoms with Crippen LogP contribution in [-0.4, -0.2) is 19.8 Å². The summed E-state index contributed by atoms with van der Waals surface area (Å²) in [4.78, 5) is 0. The van der Waals surface area contributed by atoms with E-state index in [1.807, 2.05) is 6.07 Å². The fourth-order valence-corrected chi connectivity index (χ4v) is 3.66. The van der Waals surface area contributed by atoms with Crippen LogP contribution in [0.15, 0.2) is 12.1 Å². The summed E-state index contributed by atoms with van der Waals surface area (Å²) in [7, 11) is 1.70. The van der Waals surface area contributed by atoms with Crippen molar-refractivity contribution >= 4 is 11.6 Å². The van der Waals surface area contributed by atoms with Gasteiger partial charge in [-0.25, -0.2) is 0 Å². The zero-order chi connectivity index (χ0) is 14.7. The Kier molecular flexibility index (Phi) is 4.91. The zero-order valence-electron chi connectivity index (χ0n) is 12.7. The van der Waals surface area contributed by atoms with Crippen molar-refractivity contribution in [1.82, 2.24) is 5.32 Å². The number of benzene rings is 1. The van der Waals surface area contributed by atoms with Gasteiger partial charge in [0.1, 0.15) is 0 Å². The number of nitrogens with one attached hydrogen (secondary N) is 1. The first-order valence-corrected chi connectivity index (χ1v) is 8.43. The van der Waals surface area contributed by atoms with E-state index in [9.17, 15) is 0 Å². The van der Waals surface area contributed by atoms with E-state index in [2.05, 4.69) is 11.4 Å². The van der Waals surface area contributed by atoms with Gasteiger partial charge in [-0.05, 0) is 56.7 Å². The minimum atomic E-state index is 0.314. The first-order valence-electron chi connectivity index (χ1n) is 8.05. The second-order valence-electron chi connectivity index (χ2n) is 6.05. The number of hydrogen-bond donors (Lipinski definition) is 1. The Balaban J connectivity index is 1.82. The molecule has 1 aliphatic heterocycles. The van der Waals surface area contributed by atoms with E-state index in [1.165, 1.54) is 25.7 Å². The maximum absolute atomic E-state index is 6.50. The van der Waals surface area contributed by atoms with Gasteiger partial charge in [-0.1, -0.05) is 18.0 Å². The Hall–Kier alpha value is -0.930. The van der Waals surface area contributed by atoms with Crippen molar-refractivity contribution in [2.75, 3.05) is 13.7 Å². The Bertz CT molecular complexity index is 480. The Morgan fingerprint density at radius 2 is 1.81 bits per heavy atom. The molecular formula is C17H24ClNO2. The molecule has 1 N–H and O–H groups in total. The van der Waals surface area contributed by atoms with Crippen molar-refractivity contribution in [2.45, 2.75) is 57.1 Å². The highest BCUT2D eigenvalue weighted by Gasteiger charge is 2.23. The Labute approximate surface area is 132 Å². The molecule has 1 aromatic carbocycles. The Morgan fingerprint density at radius 3 is 2.48 bits per heavy atom. The van der Waals surface area contributed by atoms with Gasteiger partial charge in [0.05, 0.1) is 13.2 Å². The number of halogens is 1. The quantitative estimate of drug-likeness (QED) is 0.889. The van der Waals surface area contributed by atoms with Crippen LogP contribution in [0.3, 0.4) is 0 Å². The molecule has 3 rings (SSSR count). The number of hydrogen-bond acceptors (Lipinski definition) is 3. The predicted octanol–water partition coefficient (Wildman–Crippen LogP) is 4.48. The molecule has 21 heavy (non-hydrogen) atoms. The second kappa shape index (κ2) is 6.89. The van der Waals surface area contributed by atoms with Crippen LogP contribution in [0, 0.1) is 0 Å². The summed E-state index contributed by atoms with van der Waals surface area (Å²) in [5.41, 5.74) is 1.13. The SMILES string of the molecule is COc1cc(C2CCCCN2)c(Cl)cc1OC1CCCC1. The van der Waals surface area contributed by atoms with E-state index in [1.54, 1.807) is 7.11 Å². The average molecular weight is 310 g/mol. The van der Waals surface area contributed by atoms with Crippen molar-refractivity contribution in [3.63, 3.8) is 0 Å². The molecule has 0 radical (unpaired) electrons. The largest absolute Gasteiger partial charge is 0.493 e. The third-order valence-electron chi connectivity index (χ3n) is 4.56. The lowest BCUT2D eigenvalue weighted by Crippen LogP contribution is -2.27. The smallest absolute Gasteiger partial charge is 0.163 e. The molecule has 1 unspecified atom stereocenters. The summed E-state index contributed by atoms with van der Waals surface area (Å²) in [6, 6.07) is 4.32. The van der Waals surface area contributed by atoms with Crippen LogP contribution in [0.1, 0.15) is 56.6 Å². The summed E-state index contributed by atoms with van der Waals surface area (Å²) in [5.74, 6) is 1.59. The van der Waals surface area contributed by atoms with E-state index in [0.29, 0.717) is 12.1 Å². The molecule has 0 aromatic heterocycles. The summed E-state index contributed by atoms with van der Waals surface area (Å²) in [6.45, 7) is 1.06. The molecule has 3 nitrogen and oxygen atoms in total. The zero-order valence-corrected chi connectivity index (χ0v) is 13.4. The highest BCUT2D eigenvalue weighted by molar-refractivity contribution is 6.31. The van der Waals surface area contributed by atoms with Gasteiger partial charge in [0.25, 0.3) is 0 Å². The molecule has 1 atom stereocenters. The van der Waals surface area contributed by atoms with Gasteiger partial charge < -0.3 is 14.8 Å².